The maximum Gasteiger partial charge on any atom is 0.344 e. The molecule has 1 unspecified atom stereocenters. The van der Waals surface area contributed by atoms with Gasteiger partial charge in [-0.3, -0.25) is 4.57 Å². The van der Waals surface area contributed by atoms with Crippen LogP contribution in [0.15, 0.2) is 0 Å². The molecule has 0 rings (SSSR count). The highest BCUT2D eigenvalue weighted by atomic mass is 79.9. The summed E-state index contributed by atoms with van der Waals surface area (Å²) in [6.45, 7) is 1.69. The summed E-state index contributed by atoms with van der Waals surface area (Å²) in [4.78, 5) is 17.3. The van der Waals surface area contributed by atoms with E-state index < -0.39 is 13.4 Å². The molecule has 0 saturated heterocycles. The minimum atomic E-state index is -4.00. The summed E-state index contributed by atoms with van der Waals surface area (Å²) in [6, 6.07) is 0. The van der Waals surface area contributed by atoms with Crippen molar-refractivity contribution in [2.75, 3.05) is 0 Å². The summed E-state index contributed by atoms with van der Waals surface area (Å²) in [5.74, 6) is -0.799. The fourth-order valence-corrected chi connectivity index (χ4v) is 3.20. The van der Waals surface area contributed by atoms with Crippen LogP contribution in [0.2, 0.25) is 0 Å². The van der Waals surface area contributed by atoms with Crippen molar-refractivity contribution >= 4 is 39.9 Å². The first-order valence-electron chi connectivity index (χ1n) is 2.55. The molecule has 0 saturated carbocycles. The fraction of sp³-hybridized carbons (Fsp3) is 1.00. The van der Waals surface area contributed by atoms with E-state index in [1.54, 1.807) is 6.92 Å². The third-order valence-electron chi connectivity index (χ3n) is 0.979. The molecule has 7 heteroatoms. The predicted octanol–water partition coefficient (Wildman–Crippen LogP) is 1.82. The molecule has 0 aliphatic heterocycles. The number of halogens is 2. The molecule has 10 heavy (non-hydrogen) atoms. The van der Waals surface area contributed by atoms with Gasteiger partial charge < -0.3 is 9.79 Å². The van der Waals surface area contributed by atoms with Gasteiger partial charge in [0.1, 0.15) is 5.78 Å². The van der Waals surface area contributed by atoms with E-state index in [0.717, 1.165) is 0 Å². The van der Waals surface area contributed by atoms with Crippen LogP contribution in [0.3, 0.4) is 0 Å². The van der Waals surface area contributed by atoms with Crippen LogP contribution in [0.5, 0.6) is 0 Å². The van der Waals surface area contributed by atoms with Gasteiger partial charge in [0.15, 0.2) is 0 Å². The second-order valence-electron chi connectivity index (χ2n) is 1.74. The molecule has 62 valence electrons. The maximum absolute atomic E-state index is 10.6. The van der Waals surface area contributed by atoms with Gasteiger partial charge in [-0.1, -0.05) is 6.92 Å². The van der Waals surface area contributed by atoms with Crippen molar-refractivity contribution in [3.63, 3.8) is 0 Å². The lowest BCUT2D eigenvalue weighted by Crippen LogP contribution is -2.16. The van der Waals surface area contributed by atoms with Crippen LogP contribution in [0.1, 0.15) is 13.3 Å². The van der Waals surface area contributed by atoms with E-state index >= 15 is 0 Å². The van der Waals surface area contributed by atoms with Crippen molar-refractivity contribution in [3.05, 3.63) is 0 Å². The van der Waals surface area contributed by atoms with Crippen LogP contribution in [-0.4, -0.2) is 18.5 Å². The Balaban J connectivity index is 4.22. The van der Waals surface area contributed by atoms with Crippen LogP contribution in [0, 0.1) is 0 Å². The van der Waals surface area contributed by atoms with Crippen LogP contribution >= 0.6 is 39.9 Å². The quantitative estimate of drug-likeness (QED) is 0.616. The molecule has 0 aromatic carbocycles. The first kappa shape index (κ1) is 11.1. The third kappa shape index (κ3) is 3.46. The van der Waals surface area contributed by atoms with Gasteiger partial charge in [-0.25, -0.2) is 0 Å². The zero-order valence-electron chi connectivity index (χ0n) is 5.24. The Kier molecular flexibility index (Phi) is 4.63. The van der Waals surface area contributed by atoms with Crippen LogP contribution < -0.4 is 0 Å². The normalized spacial score (nSPS) is 15.8. The van der Waals surface area contributed by atoms with E-state index in [2.05, 4.69) is 32.3 Å². The molecule has 0 radical (unpaired) electrons. The minimum absolute atomic E-state index is 0.376. The molecule has 0 spiro atoms. The zero-order valence-corrected chi connectivity index (χ0v) is 9.30. The zero-order chi connectivity index (χ0) is 8.36. The van der Waals surface area contributed by atoms with Crippen molar-refractivity contribution < 1.29 is 14.4 Å². The fourth-order valence-electron chi connectivity index (χ4n) is 0.490. The lowest BCUT2D eigenvalue weighted by atomic mass is 10.5. The van der Waals surface area contributed by atoms with Crippen LogP contribution in [0.25, 0.3) is 0 Å². The molecule has 0 fully saturated rings. The SMILES string of the molecule is CCC(N(Br)Br)P(=O)(O)O. The Labute approximate surface area is 76.4 Å². The van der Waals surface area contributed by atoms with E-state index in [1.807, 2.05) is 0 Å². The van der Waals surface area contributed by atoms with Gasteiger partial charge in [0.2, 0.25) is 0 Å². The molecule has 0 aliphatic rings. The topological polar surface area (TPSA) is 60.8 Å². The smallest absolute Gasteiger partial charge is 0.323 e. The first-order valence-corrected chi connectivity index (χ1v) is 5.65. The monoisotopic (exact) mass is 295 g/mol. The van der Waals surface area contributed by atoms with E-state index in [9.17, 15) is 4.57 Å². The molecule has 0 bridgehead atoms. The Morgan fingerprint density at radius 1 is 1.60 bits per heavy atom. The van der Waals surface area contributed by atoms with E-state index in [0.29, 0.717) is 6.42 Å². The van der Waals surface area contributed by atoms with Crippen molar-refractivity contribution in [3.8, 4) is 0 Å². The molecule has 0 heterocycles. The minimum Gasteiger partial charge on any atom is -0.323 e. The third-order valence-corrected chi connectivity index (χ3v) is 3.97. The average Bonchev–Trinajstić information content (AvgIpc) is 1.60. The second kappa shape index (κ2) is 4.18. The van der Waals surface area contributed by atoms with E-state index in [-0.39, 0.29) is 0 Å². The molecule has 2 N–H and O–H groups in total. The molecular formula is C3H8Br2NO3P. The Morgan fingerprint density at radius 3 is 2.00 bits per heavy atom. The summed E-state index contributed by atoms with van der Waals surface area (Å²) >= 11 is 5.79. The lowest BCUT2D eigenvalue weighted by Gasteiger charge is -2.19. The molecule has 0 aromatic rings. The summed E-state index contributed by atoms with van der Waals surface area (Å²) in [7, 11) is -4.00. The summed E-state index contributed by atoms with van der Waals surface area (Å²) < 4.78 is 11.8. The van der Waals surface area contributed by atoms with Gasteiger partial charge in [0.25, 0.3) is 0 Å². The molecule has 1 atom stereocenters. The van der Waals surface area contributed by atoms with E-state index in [4.69, 9.17) is 9.79 Å². The summed E-state index contributed by atoms with van der Waals surface area (Å²) in [5.41, 5.74) is 0. The number of nitrogens with zero attached hydrogens (tertiary/aromatic N) is 1. The first-order chi connectivity index (χ1) is 4.39. The van der Waals surface area contributed by atoms with Gasteiger partial charge in [0, 0.05) is 32.3 Å². The molecule has 0 aliphatic carbocycles. The van der Waals surface area contributed by atoms with Gasteiger partial charge in [0.05, 0.1) is 0 Å². The standard InChI is InChI=1S/C3H8Br2NO3P/c1-2-3(6(4)5)10(7,8)9/h3H,2H2,1H3,(H2,7,8,9). The highest BCUT2D eigenvalue weighted by Gasteiger charge is 2.30. The summed E-state index contributed by atoms with van der Waals surface area (Å²) in [5, 5.41) is 0. The summed E-state index contributed by atoms with van der Waals surface area (Å²) in [6.07, 6.45) is 0.376. The number of hydrogen-bond donors (Lipinski definition) is 2. The highest BCUT2D eigenvalue weighted by molar-refractivity contribution is 9.21. The van der Waals surface area contributed by atoms with Gasteiger partial charge in [-0.05, 0) is 6.42 Å². The number of hydrogen-bond acceptors (Lipinski definition) is 2. The highest BCUT2D eigenvalue weighted by Crippen LogP contribution is 2.46. The average molecular weight is 297 g/mol. The Bertz CT molecular complexity index is 147. The van der Waals surface area contributed by atoms with E-state index in [1.165, 1.54) is 2.95 Å². The molecule has 4 nitrogen and oxygen atoms in total. The maximum atomic E-state index is 10.6. The Hall–Kier alpha value is 1.07. The van der Waals surface area contributed by atoms with Crippen molar-refractivity contribution in [2.45, 2.75) is 19.1 Å². The van der Waals surface area contributed by atoms with Crippen molar-refractivity contribution in [1.29, 1.82) is 0 Å². The van der Waals surface area contributed by atoms with Crippen LogP contribution in [0.4, 0.5) is 0 Å². The lowest BCUT2D eigenvalue weighted by molar-refractivity contribution is 0.343. The molecule has 0 aromatic heterocycles. The van der Waals surface area contributed by atoms with Crippen LogP contribution in [-0.2, 0) is 4.57 Å². The molecular weight excluding hydrogens is 289 g/mol. The van der Waals surface area contributed by atoms with Crippen molar-refractivity contribution in [2.24, 2.45) is 0 Å². The Morgan fingerprint density at radius 2 is 2.00 bits per heavy atom. The van der Waals surface area contributed by atoms with Gasteiger partial charge >= 0.3 is 7.60 Å². The van der Waals surface area contributed by atoms with Gasteiger partial charge in [-0.15, -0.1) is 0 Å². The number of rotatable bonds is 3. The largest absolute Gasteiger partial charge is 0.344 e. The van der Waals surface area contributed by atoms with Crippen molar-refractivity contribution in [1.82, 2.24) is 2.95 Å². The molecule has 0 amide bonds. The van der Waals surface area contributed by atoms with Gasteiger partial charge in [-0.2, -0.15) is 2.95 Å². The second-order valence-corrected chi connectivity index (χ2v) is 5.99. The predicted molar refractivity (Wildman–Crippen MR) is 45.8 cm³/mol.